The van der Waals surface area contributed by atoms with Gasteiger partial charge in [-0.2, -0.15) is 0 Å². The zero-order valence-electron chi connectivity index (χ0n) is 11.0. The van der Waals surface area contributed by atoms with Gasteiger partial charge in [0.05, 0.1) is 25.4 Å². The minimum Gasteiger partial charge on any atom is -0.491 e. The normalized spacial score (nSPS) is 11.3. The number of rotatable bonds is 9. The van der Waals surface area contributed by atoms with Crippen molar-refractivity contribution in [2.24, 2.45) is 0 Å². The molecule has 0 atom stereocenters. The fourth-order valence-electron chi connectivity index (χ4n) is 1.56. The average molecular weight is 285 g/mol. The molecule has 0 aliphatic heterocycles. The molecular weight excluding hydrogens is 266 g/mol. The summed E-state index contributed by atoms with van der Waals surface area (Å²) in [6, 6.07) is 6.24. The van der Waals surface area contributed by atoms with Gasteiger partial charge in [0, 0.05) is 6.54 Å². The molecule has 0 aliphatic rings. The van der Waals surface area contributed by atoms with Crippen molar-refractivity contribution in [3.63, 3.8) is 0 Å². The van der Waals surface area contributed by atoms with E-state index in [2.05, 4.69) is 5.32 Å². The number of benzene rings is 1. The van der Waals surface area contributed by atoms with Crippen LogP contribution in [-0.4, -0.2) is 64.9 Å². The Labute approximate surface area is 116 Å². The molecule has 20 heavy (non-hydrogen) atoms. The second-order valence-electron chi connectivity index (χ2n) is 4.33. The van der Waals surface area contributed by atoms with E-state index >= 15 is 0 Å². The van der Waals surface area contributed by atoms with Crippen LogP contribution in [0.4, 0.5) is 0 Å². The van der Waals surface area contributed by atoms with E-state index in [1.807, 2.05) is 0 Å². The topological polar surface area (TPSA) is 119 Å². The molecule has 0 saturated carbocycles. The molecular formula is C13H19NO6. The first-order valence-corrected chi connectivity index (χ1v) is 6.11. The highest BCUT2D eigenvalue weighted by atomic mass is 16.5. The van der Waals surface area contributed by atoms with Crippen LogP contribution in [0.15, 0.2) is 24.3 Å². The second-order valence-corrected chi connectivity index (χ2v) is 4.33. The maximum Gasteiger partial charge on any atom is 0.339 e. The summed E-state index contributed by atoms with van der Waals surface area (Å²) < 4.78 is 5.34. The number of aromatic carboxylic acids is 1. The lowest BCUT2D eigenvalue weighted by Crippen LogP contribution is -2.55. The van der Waals surface area contributed by atoms with Crippen LogP contribution in [0.3, 0.4) is 0 Å². The highest BCUT2D eigenvalue weighted by molar-refractivity contribution is 5.90. The van der Waals surface area contributed by atoms with Gasteiger partial charge in [0.1, 0.15) is 17.9 Å². The molecule has 0 fully saturated rings. The molecule has 0 bridgehead atoms. The lowest BCUT2D eigenvalue weighted by atomic mass is 10.0. The maximum absolute atomic E-state index is 11.0. The third-order valence-corrected chi connectivity index (χ3v) is 2.89. The molecule has 5 N–H and O–H groups in total. The first-order valence-electron chi connectivity index (χ1n) is 6.11. The summed E-state index contributed by atoms with van der Waals surface area (Å²) in [5.74, 6) is -0.839. The van der Waals surface area contributed by atoms with Crippen molar-refractivity contribution >= 4 is 5.97 Å². The van der Waals surface area contributed by atoms with E-state index in [4.69, 9.17) is 25.2 Å². The molecule has 0 unspecified atom stereocenters. The van der Waals surface area contributed by atoms with Crippen LogP contribution in [0, 0.1) is 0 Å². The third kappa shape index (κ3) is 4.17. The average Bonchev–Trinajstić information content (AvgIpc) is 2.48. The molecule has 1 aromatic carbocycles. The van der Waals surface area contributed by atoms with Gasteiger partial charge < -0.3 is 30.5 Å². The summed E-state index contributed by atoms with van der Waals surface area (Å²) >= 11 is 0. The van der Waals surface area contributed by atoms with Crippen molar-refractivity contribution in [3.8, 4) is 5.75 Å². The predicted molar refractivity (Wildman–Crippen MR) is 70.9 cm³/mol. The Morgan fingerprint density at radius 3 is 2.30 bits per heavy atom. The number of hydrogen-bond donors (Lipinski definition) is 5. The standard InChI is InChI=1S/C13H19NO6/c15-7-13(8-16,9-17)14-5-6-20-11-4-2-1-3-10(11)12(18)19/h1-4,14-17H,5-9H2,(H,18,19). The number of para-hydroxylation sites is 1. The zero-order chi connectivity index (χ0) is 15.0. The molecule has 7 nitrogen and oxygen atoms in total. The highest BCUT2D eigenvalue weighted by Crippen LogP contribution is 2.17. The number of aliphatic hydroxyl groups is 3. The van der Waals surface area contributed by atoms with Gasteiger partial charge >= 0.3 is 5.97 Å². The van der Waals surface area contributed by atoms with Crippen LogP contribution in [0.5, 0.6) is 5.75 Å². The number of carboxylic acids is 1. The lowest BCUT2D eigenvalue weighted by Gasteiger charge is -2.28. The molecule has 1 aromatic rings. The Balaban J connectivity index is 2.51. The number of carbonyl (C=O) groups is 1. The third-order valence-electron chi connectivity index (χ3n) is 2.89. The van der Waals surface area contributed by atoms with Crippen molar-refractivity contribution in [2.75, 3.05) is 33.0 Å². The van der Waals surface area contributed by atoms with E-state index in [1.165, 1.54) is 6.07 Å². The summed E-state index contributed by atoms with van der Waals surface area (Å²) in [6.45, 7) is -0.912. The predicted octanol–water partition coefficient (Wildman–Crippen LogP) is -0.931. The van der Waals surface area contributed by atoms with Crippen molar-refractivity contribution in [1.29, 1.82) is 0 Å². The Morgan fingerprint density at radius 1 is 1.15 bits per heavy atom. The molecule has 0 radical (unpaired) electrons. The van der Waals surface area contributed by atoms with Crippen LogP contribution in [-0.2, 0) is 0 Å². The smallest absolute Gasteiger partial charge is 0.339 e. The lowest BCUT2D eigenvalue weighted by molar-refractivity contribution is 0.0404. The summed E-state index contributed by atoms with van der Waals surface area (Å²) in [6.07, 6.45) is 0. The molecule has 0 amide bonds. The van der Waals surface area contributed by atoms with Gasteiger partial charge in [-0.25, -0.2) is 4.79 Å². The van der Waals surface area contributed by atoms with Crippen LogP contribution in [0.1, 0.15) is 10.4 Å². The quantitative estimate of drug-likeness (QED) is 0.372. The van der Waals surface area contributed by atoms with Crippen molar-refractivity contribution < 1.29 is 30.0 Å². The number of hydrogen-bond acceptors (Lipinski definition) is 6. The fourth-order valence-corrected chi connectivity index (χ4v) is 1.56. The molecule has 0 spiro atoms. The van der Waals surface area contributed by atoms with Crippen LogP contribution in [0.25, 0.3) is 0 Å². The summed E-state index contributed by atoms with van der Waals surface area (Å²) in [5.41, 5.74) is -1.11. The van der Waals surface area contributed by atoms with E-state index in [-0.39, 0.29) is 24.5 Å². The van der Waals surface area contributed by atoms with Crippen LogP contribution >= 0.6 is 0 Å². The minimum absolute atomic E-state index is 0.0604. The van der Waals surface area contributed by atoms with E-state index in [0.29, 0.717) is 0 Å². The number of ether oxygens (including phenoxy) is 1. The minimum atomic E-state index is -1.17. The van der Waals surface area contributed by atoms with Gasteiger partial charge in [0.25, 0.3) is 0 Å². The highest BCUT2D eigenvalue weighted by Gasteiger charge is 2.26. The van der Waals surface area contributed by atoms with Gasteiger partial charge in [-0.1, -0.05) is 12.1 Å². The number of aliphatic hydroxyl groups excluding tert-OH is 3. The SMILES string of the molecule is O=C(O)c1ccccc1OCCNC(CO)(CO)CO. The Morgan fingerprint density at radius 2 is 1.75 bits per heavy atom. The van der Waals surface area contributed by atoms with E-state index in [9.17, 15) is 4.79 Å². The van der Waals surface area contributed by atoms with E-state index < -0.39 is 31.3 Å². The van der Waals surface area contributed by atoms with Gasteiger partial charge in [0.2, 0.25) is 0 Å². The van der Waals surface area contributed by atoms with Crippen molar-refractivity contribution in [2.45, 2.75) is 5.54 Å². The van der Waals surface area contributed by atoms with Crippen LogP contribution < -0.4 is 10.1 Å². The van der Waals surface area contributed by atoms with Gasteiger partial charge in [-0.15, -0.1) is 0 Å². The van der Waals surface area contributed by atoms with Crippen molar-refractivity contribution in [3.05, 3.63) is 29.8 Å². The van der Waals surface area contributed by atoms with Crippen LogP contribution in [0.2, 0.25) is 0 Å². The van der Waals surface area contributed by atoms with E-state index in [1.54, 1.807) is 18.2 Å². The second kappa shape index (κ2) is 7.81. The Kier molecular flexibility index (Phi) is 6.40. The fraction of sp³-hybridized carbons (Fsp3) is 0.462. The van der Waals surface area contributed by atoms with Crippen molar-refractivity contribution in [1.82, 2.24) is 5.32 Å². The summed E-state index contributed by atoms with van der Waals surface area (Å²) in [7, 11) is 0. The first kappa shape index (κ1) is 16.4. The number of nitrogens with one attached hydrogen (secondary N) is 1. The molecule has 112 valence electrons. The first-order chi connectivity index (χ1) is 9.58. The van der Waals surface area contributed by atoms with Gasteiger partial charge in [-0.05, 0) is 12.1 Å². The molecule has 7 heteroatoms. The number of carboxylic acid groups (broad SMARTS) is 1. The maximum atomic E-state index is 11.0. The van der Waals surface area contributed by atoms with Gasteiger partial charge in [0.15, 0.2) is 0 Å². The molecule has 0 aliphatic carbocycles. The molecule has 0 aromatic heterocycles. The largest absolute Gasteiger partial charge is 0.491 e. The Bertz CT molecular complexity index is 424. The molecule has 1 rings (SSSR count). The van der Waals surface area contributed by atoms with Gasteiger partial charge in [-0.3, -0.25) is 0 Å². The summed E-state index contributed by atoms with van der Waals surface area (Å²) in [4.78, 5) is 11.0. The monoisotopic (exact) mass is 285 g/mol. The molecule has 0 saturated heterocycles. The molecule has 0 heterocycles. The van der Waals surface area contributed by atoms with E-state index in [0.717, 1.165) is 0 Å². The zero-order valence-corrected chi connectivity index (χ0v) is 11.0. The Hall–Kier alpha value is -1.67. The summed E-state index contributed by atoms with van der Waals surface area (Å²) in [5, 5.41) is 39.1.